The molecule has 0 aromatic heterocycles. The summed E-state index contributed by atoms with van der Waals surface area (Å²) in [5, 5.41) is 7.01. The molecule has 1 saturated carbocycles. The number of piperazine rings is 3. The molecule has 122 valence electrons. The number of hydrogen-bond donors (Lipinski definition) is 2. The lowest BCUT2D eigenvalue weighted by molar-refractivity contribution is 0.0174. The van der Waals surface area contributed by atoms with Crippen LogP contribution in [0, 0.1) is 0 Å². The van der Waals surface area contributed by atoms with Crippen LogP contribution in [-0.4, -0.2) is 73.7 Å². The van der Waals surface area contributed by atoms with Gasteiger partial charge in [0.15, 0.2) is 5.96 Å². The Morgan fingerprint density at radius 1 is 1.14 bits per heavy atom. The van der Waals surface area contributed by atoms with Crippen molar-refractivity contribution in [2.75, 3.05) is 45.8 Å². The molecule has 4 fully saturated rings. The van der Waals surface area contributed by atoms with Crippen LogP contribution in [0.25, 0.3) is 0 Å². The molecule has 0 aromatic carbocycles. The second-order valence-corrected chi connectivity index (χ2v) is 6.34. The van der Waals surface area contributed by atoms with Gasteiger partial charge in [-0.2, -0.15) is 0 Å². The highest BCUT2D eigenvalue weighted by molar-refractivity contribution is 14.0. The number of fused-ring (bicyclic) bond motifs is 3. The summed E-state index contributed by atoms with van der Waals surface area (Å²) in [6.45, 7) is 10.2. The third-order valence-electron chi connectivity index (χ3n) is 4.89. The number of aliphatic imine (C=N–C) groups is 1. The fraction of sp³-hybridized carbons (Fsp3) is 0.933. The van der Waals surface area contributed by atoms with E-state index in [0.717, 1.165) is 19.0 Å². The first kappa shape index (κ1) is 17.3. The normalized spacial score (nSPS) is 32.8. The predicted molar refractivity (Wildman–Crippen MR) is 98.6 cm³/mol. The molecule has 3 aliphatic heterocycles. The molecule has 3 heterocycles. The van der Waals surface area contributed by atoms with E-state index in [-0.39, 0.29) is 24.0 Å². The smallest absolute Gasteiger partial charge is 0.191 e. The van der Waals surface area contributed by atoms with E-state index in [1.54, 1.807) is 0 Å². The minimum atomic E-state index is 0. The number of nitrogens with one attached hydrogen (secondary N) is 2. The van der Waals surface area contributed by atoms with Crippen LogP contribution in [-0.2, 0) is 0 Å². The topological polar surface area (TPSA) is 42.9 Å². The van der Waals surface area contributed by atoms with Gasteiger partial charge in [0, 0.05) is 51.4 Å². The molecule has 3 saturated heterocycles. The van der Waals surface area contributed by atoms with Crippen LogP contribution < -0.4 is 10.6 Å². The number of hydrogen-bond acceptors (Lipinski definition) is 3. The zero-order chi connectivity index (χ0) is 13.8. The fourth-order valence-electron chi connectivity index (χ4n) is 3.68. The highest BCUT2D eigenvalue weighted by Gasteiger charge is 2.31. The van der Waals surface area contributed by atoms with Gasteiger partial charge in [0.1, 0.15) is 0 Å². The molecule has 0 radical (unpaired) electrons. The maximum atomic E-state index is 4.85. The molecule has 4 aliphatic rings. The summed E-state index contributed by atoms with van der Waals surface area (Å²) >= 11 is 0. The Bertz CT molecular complexity index is 335. The van der Waals surface area contributed by atoms with Crippen LogP contribution in [0.5, 0.6) is 0 Å². The molecular formula is C15H30IN5. The van der Waals surface area contributed by atoms with Crippen LogP contribution in [0.2, 0.25) is 0 Å². The molecule has 0 aromatic rings. The van der Waals surface area contributed by atoms with E-state index in [9.17, 15) is 0 Å². The molecule has 4 rings (SSSR count). The number of guanidine groups is 1. The van der Waals surface area contributed by atoms with E-state index in [0.29, 0.717) is 12.1 Å². The molecule has 1 atom stereocenters. The summed E-state index contributed by atoms with van der Waals surface area (Å²) in [5.41, 5.74) is 0. The zero-order valence-corrected chi connectivity index (χ0v) is 15.5. The largest absolute Gasteiger partial charge is 0.357 e. The number of halogens is 1. The maximum absolute atomic E-state index is 4.85. The van der Waals surface area contributed by atoms with Gasteiger partial charge in [0.05, 0.1) is 6.54 Å². The summed E-state index contributed by atoms with van der Waals surface area (Å²) in [6.07, 6.45) is 5.33. The van der Waals surface area contributed by atoms with Gasteiger partial charge in [-0.1, -0.05) is 12.8 Å². The summed E-state index contributed by atoms with van der Waals surface area (Å²) in [6, 6.07) is 1.26. The Kier molecular flexibility index (Phi) is 7.01. The van der Waals surface area contributed by atoms with Gasteiger partial charge in [0.25, 0.3) is 0 Å². The Balaban J connectivity index is 0.00000161. The van der Waals surface area contributed by atoms with Gasteiger partial charge in [-0.15, -0.1) is 24.0 Å². The fourth-order valence-corrected chi connectivity index (χ4v) is 3.68. The average Bonchev–Trinajstić information content (AvgIpc) is 2.99. The Morgan fingerprint density at radius 3 is 2.43 bits per heavy atom. The second-order valence-electron chi connectivity index (χ2n) is 6.34. The van der Waals surface area contributed by atoms with Gasteiger partial charge in [-0.05, 0) is 19.8 Å². The molecule has 2 N–H and O–H groups in total. The summed E-state index contributed by atoms with van der Waals surface area (Å²) in [4.78, 5) is 10.0. The van der Waals surface area contributed by atoms with Gasteiger partial charge in [-0.3, -0.25) is 14.8 Å². The lowest BCUT2D eigenvalue weighted by Gasteiger charge is -2.47. The average molecular weight is 407 g/mol. The SMILES string of the molecule is CCNC(=NCC1CN2CCN1CC2)NC1CCCC1.I. The highest BCUT2D eigenvalue weighted by atomic mass is 127. The van der Waals surface area contributed by atoms with Crippen LogP contribution in [0.15, 0.2) is 4.99 Å². The standard InChI is InChI=1S/C15H29N5.HI/c1-2-16-15(18-13-5-3-4-6-13)17-11-14-12-19-7-9-20(14)10-8-19;/h13-14H,2-12H2,1H3,(H2,16,17,18);1H. The van der Waals surface area contributed by atoms with Crippen molar-refractivity contribution in [3.63, 3.8) is 0 Å². The van der Waals surface area contributed by atoms with E-state index >= 15 is 0 Å². The summed E-state index contributed by atoms with van der Waals surface area (Å²) in [7, 11) is 0. The predicted octanol–water partition coefficient (Wildman–Crippen LogP) is 1.10. The number of nitrogens with zero attached hydrogens (tertiary/aromatic N) is 3. The maximum Gasteiger partial charge on any atom is 0.191 e. The van der Waals surface area contributed by atoms with Crippen molar-refractivity contribution in [2.45, 2.75) is 44.7 Å². The van der Waals surface area contributed by atoms with E-state index in [1.165, 1.54) is 58.4 Å². The van der Waals surface area contributed by atoms with Crippen molar-refractivity contribution in [3.05, 3.63) is 0 Å². The first-order valence-electron chi connectivity index (χ1n) is 8.36. The van der Waals surface area contributed by atoms with Gasteiger partial charge < -0.3 is 10.6 Å². The van der Waals surface area contributed by atoms with Crippen molar-refractivity contribution in [1.82, 2.24) is 20.4 Å². The third kappa shape index (κ3) is 4.69. The van der Waals surface area contributed by atoms with E-state index in [2.05, 4.69) is 27.4 Å². The van der Waals surface area contributed by atoms with E-state index < -0.39 is 0 Å². The monoisotopic (exact) mass is 407 g/mol. The molecule has 2 bridgehead atoms. The van der Waals surface area contributed by atoms with Crippen LogP contribution in [0.4, 0.5) is 0 Å². The van der Waals surface area contributed by atoms with Crippen LogP contribution in [0.1, 0.15) is 32.6 Å². The summed E-state index contributed by atoms with van der Waals surface area (Å²) in [5.74, 6) is 1.03. The minimum Gasteiger partial charge on any atom is -0.357 e. The molecular weight excluding hydrogens is 377 g/mol. The molecule has 5 nitrogen and oxygen atoms in total. The van der Waals surface area contributed by atoms with Gasteiger partial charge >= 0.3 is 0 Å². The van der Waals surface area contributed by atoms with Crippen molar-refractivity contribution in [3.8, 4) is 0 Å². The molecule has 6 heteroatoms. The van der Waals surface area contributed by atoms with Crippen molar-refractivity contribution in [1.29, 1.82) is 0 Å². The Morgan fingerprint density at radius 2 is 1.86 bits per heavy atom. The van der Waals surface area contributed by atoms with Crippen molar-refractivity contribution < 1.29 is 0 Å². The lowest BCUT2D eigenvalue weighted by atomic mass is 10.1. The minimum absolute atomic E-state index is 0. The Hall–Kier alpha value is -0.0800. The van der Waals surface area contributed by atoms with Gasteiger partial charge in [0.2, 0.25) is 0 Å². The van der Waals surface area contributed by atoms with Crippen LogP contribution in [0.3, 0.4) is 0 Å². The van der Waals surface area contributed by atoms with Crippen molar-refractivity contribution in [2.24, 2.45) is 4.99 Å². The van der Waals surface area contributed by atoms with Crippen LogP contribution >= 0.6 is 24.0 Å². The number of rotatable bonds is 4. The summed E-state index contributed by atoms with van der Waals surface area (Å²) < 4.78 is 0. The second kappa shape index (κ2) is 8.53. The zero-order valence-electron chi connectivity index (χ0n) is 13.2. The first-order valence-corrected chi connectivity index (χ1v) is 8.36. The first-order chi connectivity index (χ1) is 9.85. The molecule has 1 aliphatic carbocycles. The van der Waals surface area contributed by atoms with Gasteiger partial charge in [-0.25, -0.2) is 0 Å². The molecule has 0 spiro atoms. The molecule has 21 heavy (non-hydrogen) atoms. The third-order valence-corrected chi connectivity index (χ3v) is 4.89. The Labute approximate surface area is 145 Å². The van der Waals surface area contributed by atoms with Crippen molar-refractivity contribution >= 4 is 29.9 Å². The molecule has 0 amide bonds. The quantitative estimate of drug-likeness (QED) is 0.416. The molecule has 1 unspecified atom stereocenters. The van der Waals surface area contributed by atoms with E-state index in [1.807, 2.05) is 0 Å². The van der Waals surface area contributed by atoms with E-state index in [4.69, 9.17) is 4.99 Å². The highest BCUT2D eigenvalue weighted by Crippen LogP contribution is 2.18. The lowest BCUT2D eigenvalue weighted by Crippen LogP contribution is -2.62.